The molecular weight excluding hydrogens is 516 g/mol. The lowest BCUT2D eigenvalue weighted by atomic mass is 10.1. The molecule has 1 aliphatic heterocycles. The summed E-state index contributed by atoms with van der Waals surface area (Å²) in [5.41, 5.74) is 9.36. The topological polar surface area (TPSA) is 118 Å². The van der Waals surface area contributed by atoms with Crippen molar-refractivity contribution >= 4 is 44.7 Å². The lowest BCUT2D eigenvalue weighted by Gasteiger charge is -2.32. The summed E-state index contributed by atoms with van der Waals surface area (Å²) >= 11 is 1.81. The van der Waals surface area contributed by atoms with Crippen LogP contribution in [0.3, 0.4) is 0 Å². The van der Waals surface area contributed by atoms with Crippen molar-refractivity contribution in [2.24, 2.45) is 18.7 Å². The molecule has 204 valence electrons. The first-order chi connectivity index (χ1) is 18.9. The molecular formula is C28H32N6O4S. The van der Waals surface area contributed by atoms with Gasteiger partial charge in [0.2, 0.25) is 0 Å². The number of hydrogen-bond donors (Lipinski definition) is 1. The Bertz CT molecular complexity index is 1610. The second kappa shape index (κ2) is 9.25. The molecule has 2 saturated carbocycles. The van der Waals surface area contributed by atoms with Gasteiger partial charge in [-0.15, -0.1) is 11.3 Å². The van der Waals surface area contributed by atoms with E-state index < -0.39 is 12.2 Å². The average Bonchev–Trinajstić information content (AvgIpc) is 3.84. The number of carbonyl (C=O) groups is 2. The third kappa shape index (κ3) is 4.42. The number of aromatic nitrogens is 4. The summed E-state index contributed by atoms with van der Waals surface area (Å²) in [7, 11) is 3.61. The number of likely N-dealkylation sites (tertiary alicyclic amines) is 1. The van der Waals surface area contributed by atoms with Crippen LogP contribution in [-0.2, 0) is 18.3 Å². The summed E-state index contributed by atoms with van der Waals surface area (Å²) in [4.78, 5) is 36.6. The van der Waals surface area contributed by atoms with Crippen LogP contribution < -0.4 is 10.5 Å². The molecule has 4 heterocycles. The van der Waals surface area contributed by atoms with Crippen molar-refractivity contribution in [3.8, 4) is 17.3 Å². The molecule has 2 aliphatic carbocycles. The number of piperidine rings is 1. The number of carbonyl (C=O) groups excluding carboxylic acids is 2. The van der Waals surface area contributed by atoms with Gasteiger partial charge in [0.15, 0.2) is 11.5 Å². The number of aryl methyl sites for hydroxylation is 1. The standard InChI is InChI=1S/C28H32N6O4S/c1-32-23-19(10-17(11-21(23)37-2)27(35)33-9-3-4-18(14-33)38-28(29)36)30-24(32)20-12-22-25(34(20)13-15-5-6-15)31-26(39-22)16-7-8-16/h10-12,15-16,18H,3-9,13-14H2,1-2H3,(H2,29,36)/t18-/m1/s1. The van der Waals surface area contributed by atoms with E-state index in [0.717, 1.165) is 35.6 Å². The molecule has 0 radical (unpaired) electrons. The van der Waals surface area contributed by atoms with E-state index in [2.05, 4.69) is 15.2 Å². The fourth-order valence-corrected chi connectivity index (χ4v) is 6.94. The third-order valence-electron chi connectivity index (χ3n) is 8.11. The molecule has 10 nitrogen and oxygen atoms in total. The van der Waals surface area contributed by atoms with Crippen molar-refractivity contribution in [3.63, 3.8) is 0 Å². The maximum Gasteiger partial charge on any atom is 0.404 e. The highest BCUT2D eigenvalue weighted by molar-refractivity contribution is 7.18. The maximum atomic E-state index is 13.5. The first-order valence-electron chi connectivity index (χ1n) is 13.7. The number of hydrogen-bond acceptors (Lipinski definition) is 7. The third-order valence-corrected chi connectivity index (χ3v) is 9.26. The predicted octanol–water partition coefficient (Wildman–Crippen LogP) is 4.65. The van der Waals surface area contributed by atoms with Crippen LogP contribution in [0.4, 0.5) is 4.79 Å². The molecule has 1 aromatic carbocycles. The van der Waals surface area contributed by atoms with Gasteiger partial charge < -0.3 is 29.2 Å². The smallest absolute Gasteiger partial charge is 0.404 e. The predicted molar refractivity (Wildman–Crippen MR) is 148 cm³/mol. The van der Waals surface area contributed by atoms with E-state index in [9.17, 15) is 9.59 Å². The van der Waals surface area contributed by atoms with Gasteiger partial charge >= 0.3 is 6.09 Å². The molecule has 1 saturated heterocycles. The van der Waals surface area contributed by atoms with Crippen molar-refractivity contribution in [2.45, 2.75) is 57.1 Å². The Kier molecular flexibility index (Phi) is 5.80. The summed E-state index contributed by atoms with van der Waals surface area (Å²) in [5, 5.41) is 1.26. The van der Waals surface area contributed by atoms with Gasteiger partial charge in [-0.2, -0.15) is 0 Å². The van der Waals surface area contributed by atoms with E-state index in [1.807, 2.05) is 24.5 Å². The highest BCUT2D eigenvalue weighted by Gasteiger charge is 2.32. The Morgan fingerprint density at radius 3 is 2.67 bits per heavy atom. The Hall–Kier alpha value is -3.60. The van der Waals surface area contributed by atoms with Gasteiger partial charge in [0, 0.05) is 31.6 Å². The fourth-order valence-electron chi connectivity index (χ4n) is 5.76. The van der Waals surface area contributed by atoms with Gasteiger partial charge in [-0.1, -0.05) is 0 Å². The van der Waals surface area contributed by atoms with Crippen LogP contribution in [0.5, 0.6) is 5.75 Å². The molecule has 39 heavy (non-hydrogen) atoms. The molecule has 11 heteroatoms. The Labute approximate surface area is 229 Å². The number of thiazole rings is 1. The van der Waals surface area contributed by atoms with Gasteiger partial charge in [0.1, 0.15) is 17.4 Å². The highest BCUT2D eigenvalue weighted by Crippen LogP contribution is 2.45. The number of rotatable bonds is 7. The monoisotopic (exact) mass is 548 g/mol. The van der Waals surface area contributed by atoms with Crippen molar-refractivity contribution in [1.29, 1.82) is 0 Å². The molecule has 3 fully saturated rings. The molecule has 2 N–H and O–H groups in total. The Morgan fingerprint density at radius 2 is 1.95 bits per heavy atom. The lowest BCUT2D eigenvalue weighted by Crippen LogP contribution is -2.44. The number of imidazole rings is 1. The van der Waals surface area contributed by atoms with Crippen LogP contribution in [0.2, 0.25) is 0 Å². The van der Waals surface area contributed by atoms with Gasteiger partial charge in [-0.25, -0.2) is 14.8 Å². The van der Waals surface area contributed by atoms with Crippen molar-refractivity contribution in [2.75, 3.05) is 20.2 Å². The zero-order chi connectivity index (χ0) is 26.8. The van der Waals surface area contributed by atoms with Crippen molar-refractivity contribution in [1.82, 2.24) is 24.0 Å². The van der Waals surface area contributed by atoms with E-state index in [-0.39, 0.29) is 5.91 Å². The SMILES string of the molecule is COc1cc(C(=O)N2CCC[C@@H](OC(N)=O)C2)cc2nc(-c3cc4sc(C5CC5)nc4n3CC3CC3)n(C)c12. The minimum absolute atomic E-state index is 0.144. The number of nitrogens with two attached hydrogens (primary N) is 1. The summed E-state index contributed by atoms with van der Waals surface area (Å²) < 4.78 is 16.6. The van der Waals surface area contributed by atoms with Crippen LogP contribution >= 0.6 is 11.3 Å². The van der Waals surface area contributed by atoms with Crippen molar-refractivity contribution in [3.05, 3.63) is 28.8 Å². The molecule has 0 spiro atoms. The van der Waals surface area contributed by atoms with Gasteiger partial charge in [-0.05, 0) is 62.6 Å². The van der Waals surface area contributed by atoms with Crippen molar-refractivity contribution < 1.29 is 19.1 Å². The Morgan fingerprint density at radius 1 is 1.13 bits per heavy atom. The number of fused-ring (bicyclic) bond motifs is 2. The zero-order valence-electron chi connectivity index (χ0n) is 22.2. The largest absolute Gasteiger partial charge is 0.494 e. The number of primary amides is 1. The zero-order valence-corrected chi connectivity index (χ0v) is 23.0. The van der Waals surface area contributed by atoms with Gasteiger partial charge in [0.25, 0.3) is 5.91 Å². The van der Waals surface area contributed by atoms with Crippen LogP contribution in [0, 0.1) is 5.92 Å². The minimum atomic E-state index is -0.816. The molecule has 1 atom stereocenters. The van der Waals surface area contributed by atoms with E-state index in [0.29, 0.717) is 48.2 Å². The fraction of sp³-hybridized carbons (Fsp3) is 0.500. The van der Waals surface area contributed by atoms with Crippen LogP contribution in [0.1, 0.15) is 59.8 Å². The maximum absolute atomic E-state index is 13.5. The van der Waals surface area contributed by atoms with Gasteiger partial charge in [-0.3, -0.25) is 4.79 Å². The second-order valence-corrected chi connectivity index (χ2v) is 12.2. The van der Waals surface area contributed by atoms with E-state index >= 15 is 0 Å². The molecule has 3 aromatic heterocycles. The van der Waals surface area contributed by atoms with Crippen LogP contribution in [0.25, 0.3) is 32.9 Å². The number of methoxy groups -OCH3 is 1. The average molecular weight is 549 g/mol. The highest BCUT2D eigenvalue weighted by atomic mass is 32.1. The number of ether oxygens (including phenoxy) is 2. The molecule has 3 aliphatic rings. The normalized spacial score (nSPS) is 19.6. The Balaban J connectivity index is 1.27. The van der Waals surface area contributed by atoms with Crippen LogP contribution in [0.15, 0.2) is 18.2 Å². The van der Waals surface area contributed by atoms with E-state index in [1.165, 1.54) is 35.4 Å². The summed E-state index contributed by atoms with van der Waals surface area (Å²) in [6.07, 6.45) is 5.21. The minimum Gasteiger partial charge on any atom is -0.494 e. The summed E-state index contributed by atoms with van der Waals surface area (Å²) in [6.45, 7) is 1.85. The molecule has 7 rings (SSSR count). The second-order valence-electron chi connectivity index (χ2n) is 11.1. The molecule has 2 amide bonds. The van der Waals surface area contributed by atoms with E-state index in [1.54, 1.807) is 18.1 Å². The molecule has 0 unspecified atom stereocenters. The lowest BCUT2D eigenvalue weighted by molar-refractivity contribution is 0.0373. The number of nitrogens with zero attached hydrogens (tertiary/aromatic N) is 5. The first-order valence-corrected chi connectivity index (χ1v) is 14.5. The number of amides is 2. The van der Waals surface area contributed by atoms with Crippen LogP contribution in [-0.4, -0.2) is 62.3 Å². The first kappa shape index (κ1) is 24.4. The van der Waals surface area contributed by atoms with E-state index in [4.69, 9.17) is 25.2 Å². The summed E-state index contributed by atoms with van der Waals surface area (Å²) in [5.74, 6) is 2.60. The number of benzene rings is 1. The molecule has 4 aromatic rings. The molecule has 0 bridgehead atoms. The quantitative estimate of drug-likeness (QED) is 0.359. The van der Waals surface area contributed by atoms with Gasteiger partial charge in [0.05, 0.1) is 34.6 Å². The summed E-state index contributed by atoms with van der Waals surface area (Å²) in [6, 6.07) is 5.84.